The monoisotopic (exact) mass is 402 g/mol. The second-order valence-electron chi connectivity index (χ2n) is 6.95. The Kier molecular flexibility index (Phi) is 5.04. The average Bonchev–Trinajstić information content (AvgIpc) is 2.62. The summed E-state index contributed by atoms with van der Waals surface area (Å²) in [6, 6.07) is 9.33. The molecule has 0 radical (unpaired) electrons. The highest BCUT2D eigenvalue weighted by Gasteiger charge is 2.41. The van der Waals surface area contributed by atoms with Gasteiger partial charge in [0.25, 0.3) is 5.91 Å². The summed E-state index contributed by atoms with van der Waals surface area (Å²) in [5.41, 5.74) is 0.286. The van der Waals surface area contributed by atoms with Crippen molar-refractivity contribution >= 4 is 40.8 Å². The van der Waals surface area contributed by atoms with E-state index in [0.717, 1.165) is 0 Å². The molecule has 1 heterocycles. The van der Waals surface area contributed by atoms with Crippen LogP contribution in [0.5, 0.6) is 5.75 Å². The number of ether oxygens (including phenoxy) is 1. The predicted molar refractivity (Wildman–Crippen MR) is 105 cm³/mol. The molecule has 0 saturated heterocycles. The van der Waals surface area contributed by atoms with E-state index in [2.05, 4.69) is 5.32 Å². The fourth-order valence-electron chi connectivity index (χ4n) is 2.93. The number of halogens is 1. The standard InChI is InChI=1S/C20H19ClN2O5/c1-11-13(21)5-4-6-14(11)22-17(24)10-23-15-9-12(18(25)26)7-8-16(15)28-20(2,3)19(23)27/h4-9H,10H2,1-3H3,(H,22,24)(H,25,26). The Morgan fingerprint density at radius 1 is 1.25 bits per heavy atom. The average molecular weight is 403 g/mol. The highest BCUT2D eigenvalue weighted by atomic mass is 35.5. The third-order valence-corrected chi connectivity index (χ3v) is 4.87. The van der Waals surface area contributed by atoms with Crippen LogP contribution in [0.2, 0.25) is 5.02 Å². The zero-order chi connectivity index (χ0) is 20.6. The Hall–Kier alpha value is -3.06. The van der Waals surface area contributed by atoms with Crippen LogP contribution in [0, 0.1) is 6.92 Å². The number of anilines is 2. The molecule has 0 saturated carbocycles. The number of hydrogen-bond acceptors (Lipinski definition) is 4. The number of nitrogens with one attached hydrogen (secondary N) is 1. The van der Waals surface area contributed by atoms with Gasteiger partial charge < -0.3 is 15.2 Å². The summed E-state index contributed by atoms with van der Waals surface area (Å²) >= 11 is 6.08. The van der Waals surface area contributed by atoms with Gasteiger partial charge >= 0.3 is 5.97 Å². The van der Waals surface area contributed by atoms with Gasteiger partial charge in [-0.3, -0.25) is 14.5 Å². The first kappa shape index (κ1) is 19.7. The second kappa shape index (κ2) is 7.16. The van der Waals surface area contributed by atoms with Crippen molar-refractivity contribution in [3.63, 3.8) is 0 Å². The highest BCUT2D eigenvalue weighted by molar-refractivity contribution is 6.31. The van der Waals surface area contributed by atoms with Gasteiger partial charge in [-0.25, -0.2) is 4.79 Å². The van der Waals surface area contributed by atoms with Crippen molar-refractivity contribution in [2.45, 2.75) is 26.4 Å². The number of carbonyl (C=O) groups is 3. The van der Waals surface area contributed by atoms with Crippen molar-refractivity contribution in [1.29, 1.82) is 0 Å². The normalized spacial score (nSPS) is 14.9. The van der Waals surface area contributed by atoms with Crippen LogP contribution in [-0.4, -0.2) is 35.0 Å². The molecular weight excluding hydrogens is 384 g/mol. The van der Waals surface area contributed by atoms with Crippen LogP contribution < -0.4 is 15.0 Å². The number of amides is 2. The summed E-state index contributed by atoms with van der Waals surface area (Å²) in [5.74, 6) is -1.69. The van der Waals surface area contributed by atoms with Gasteiger partial charge in [0.1, 0.15) is 12.3 Å². The molecule has 7 nitrogen and oxygen atoms in total. The summed E-state index contributed by atoms with van der Waals surface area (Å²) in [7, 11) is 0. The molecule has 0 aliphatic carbocycles. The van der Waals surface area contributed by atoms with E-state index in [1.54, 1.807) is 39.0 Å². The number of nitrogens with zero attached hydrogens (tertiary/aromatic N) is 1. The van der Waals surface area contributed by atoms with Crippen LogP contribution in [-0.2, 0) is 9.59 Å². The van der Waals surface area contributed by atoms with E-state index in [4.69, 9.17) is 16.3 Å². The molecule has 2 amide bonds. The number of carboxylic acid groups (broad SMARTS) is 1. The summed E-state index contributed by atoms with van der Waals surface area (Å²) in [5, 5.41) is 12.5. The SMILES string of the molecule is Cc1c(Cl)cccc1NC(=O)CN1C(=O)C(C)(C)Oc2ccc(C(=O)O)cc21. The van der Waals surface area contributed by atoms with Gasteiger partial charge in [-0.05, 0) is 56.7 Å². The summed E-state index contributed by atoms with van der Waals surface area (Å²) < 4.78 is 5.70. The molecule has 0 atom stereocenters. The maximum absolute atomic E-state index is 12.9. The van der Waals surface area contributed by atoms with Crippen molar-refractivity contribution in [2.75, 3.05) is 16.8 Å². The molecule has 0 spiro atoms. The zero-order valence-corrected chi connectivity index (χ0v) is 16.3. The van der Waals surface area contributed by atoms with E-state index in [9.17, 15) is 19.5 Å². The smallest absolute Gasteiger partial charge is 0.335 e. The maximum Gasteiger partial charge on any atom is 0.335 e. The molecule has 2 N–H and O–H groups in total. The Morgan fingerprint density at radius 2 is 1.96 bits per heavy atom. The molecule has 28 heavy (non-hydrogen) atoms. The molecular formula is C20H19ClN2O5. The highest BCUT2D eigenvalue weighted by Crippen LogP contribution is 2.38. The number of fused-ring (bicyclic) bond motifs is 1. The van der Waals surface area contributed by atoms with Gasteiger partial charge in [0.05, 0.1) is 11.3 Å². The van der Waals surface area contributed by atoms with E-state index in [1.807, 2.05) is 0 Å². The molecule has 3 rings (SSSR count). The number of benzene rings is 2. The van der Waals surface area contributed by atoms with E-state index in [-0.39, 0.29) is 17.8 Å². The van der Waals surface area contributed by atoms with Gasteiger partial charge in [-0.2, -0.15) is 0 Å². The fourth-order valence-corrected chi connectivity index (χ4v) is 3.11. The number of carbonyl (C=O) groups excluding carboxylic acids is 2. The molecule has 0 fully saturated rings. The number of carboxylic acids is 1. The minimum absolute atomic E-state index is 0.00838. The Bertz CT molecular complexity index is 987. The van der Waals surface area contributed by atoms with E-state index < -0.39 is 23.4 Å². The molecule has 2 aromatic rings. The van der Waals surface area contributed by atoms with Gasteiger partial charge in [0.15, 0.2) is 5.60 Å². The summed E-state index contributed by atoms with van der Waals surface area (Å²) in [6.45, 7) is 4.66. The second-order valence-corrected chi connectivity index (χ2v) is 7.36. The van der Waals surface area contributed by atoms with Crippen LogP contribution in [0.4, 0.5) is 11.4 Å². The van der Waals surface area contributed by atoms with E-state index >= 15 is 0 Å². The number of rotatable bonds is 4. The zero-order valence-electron chi connectivity index (χ0n) is 15.6. The lowest BCUT2D eigenvalue weighted by molar-refractivity contribution is -0.133. The van der Waals surface area contributed by atoms with Crippen molar-refractivity contribution < 1.29 is 24.2 Å². The molecule has 2 aromatic carbocycles. The molecule has 0 unspecified atom stereocenters. The van der Waals surface area contributed by atoms with Crippen molar-refractivity contribution in [3.05, 3.63) is 52.5 Å². The lowest BCUT2D eigenvalue weighted by Gasteiger charge is -2.38. The lowest BCUT2D eigenvalue weighted by Crippen LogP contribution is -2.54. The summed E-state index contributed by atoms with van der Waals surface area (Å²) in [6.07, 6.45) is 0. The summed E-state index contributed by atoms with van der Waals surface area (Å²) in [4.78, 5) is 38.0. The van der Waals surface area contributed by atoms with Crippen molar-refractivity contribution in [1.82, 2.24) is 0 Å². The fraction of sp³-hybridized carbons (Fsp3) is 0.250. The van der Waals surface area contributed by atoms with E-state index in [0.29, 0.717) is 22.0 Å². The third kappa shape index (κ3) is 3.66. The van der Waals surface area contributed by atoms with Crippen LogP contribution in [0.1, 0.15) is 29.8 Å². The van der Waals surface area contributed by atoms with E-state index in [1.165, 1.54) is 23.1 Å². The quantitative estimate of drug-likeness (QED) is 0.816. The lowest BCUT2D eigenvalue weighted by atomic mass is 10.0. The molecule has 0 bridgehead atoms. The van der Waals surface area contributed by atoms with Gasteiger partial charge in [-0.15, -0.1) is 0 Å². The first-order chi connectivity index (χ1) is 13.1. The van der Waals surface area contributed by atoms with Gasteiger partial charge in [0.2, 0.25) is 5.91 Å². The maximum atomic E-state index is 12.9. The Labute approximate surface area is 166 Å². The predicted octanol–water partition coefficient (Wildman–Crippen LogP) is 3.49. The van der Waals surface area contributed by atoms with Crippen molar-refractivity contribution in [3.8, 4) is 5.75 Å². The largest absolute Gasteiger partial charge is 0.478 e. The topological polar surface area (TPSA) is 95.9 Å². The Balaban J connectivity index is 1.92. The van der Waals surface area contributed by atoms with Gasteiger partial charge in [0, 0.05) is 10.7 Å². The Morgan fingerprint density at radius 3 is 2.64 bits per heavy atom. The number of hydrogen-bond donors (Lipinski definition) is 2. The van der Waals surface area contributed by atoms with Crippen LogP contribution >= 0.6 is 11.6 Å². The van der Waals surface area contributed by atoms with Crippen LogP contribution in [0.25, 0.3) is 0 Å². The molecule has 1 aliphatic heterocycles. The molecule has 8 heteroatoms. The molecule has 146 valence electrons. The van der Waals surface area contributed by atoms with Crippen molar-refractivity contribution in [2.24, 2.45) is 0 Å². The number of aromatic carboxylic acids is 1. The van der Waals surface area contributed by atoms with Gasteiger partial charge in [-0.1, -0.05) is 17.7 Å². The first-order valence-electron chi connectivity index (χ1n) is 8.53. The minimum atomic E-state index is -1.19. The molecule has 0 aromatic heterocycles. The van der Waals surface area contributed by atoms with Crippen LogP contribution in [0.3, 0.4) is 0 Å². The first-order valence-corrected chi connectivity index (χ1v) is 8.91. The minimum Gasteiger partial charge on any atom is -0.478 e. The molecule has 1 aliphatic rings. The third-order valence-electron chi connectivity index (χ3n) is 4.47. The van der Waals surface area contributed by atoms with Crippen LogP contribution in [0.15, 0.2) is 36.4 Å².